The number of carbonyl (C=O) groups excluding carboxylic acids is 1. The first-order valence-corrected chi connectivity index (χ1v) is 6.81. The minimum absolute atomic E-state index is 0.0432. The molecule has 0 spiro atoms. The number of para-hydroxylation sites is 2. The lowest BCUT2D eigenvalue weighted by atomic mass is 9.92. The third-order valence-corrected chi connectivity index (χ3v) is 3.49. The van der Waals surface area contributed by atoms with Gasteiger partial charge in [0.25, 0.3) is 5.91 Å². The Morgan fingerprint density at radius 2 is 1.95 bits per heavy atom. The minimum atomic E-state index is 0.0432. The summed E-state index contributed by atoms with van der Waals surface area (Å²) in [6.07, 6.45) is 1.19. The average Bonchev–Trinajstić information content (AvgIpc) is 2.36. The molecule has 4 nitrogen and oxygen atoms in total. The number of anilines is 1. The summed E-state index contributed by atoms with van der Waals surface area (Å²) in [6.45, 7) is 6.10. The molecule has 0 saturated carbocycles. The van der Waals surface area contributed by atoms with E-state index in [1.165, 1.54) is 6.42 Å². The monoisotopic (exact) mass is 262 g/mol. The molecule has 1 aliphatic heterocycles. The van der Waals surface area contributed by atoms with Crippen LogP contribution < -0.4 is 10.5 Å². The second-order valence-corrected chi connectivity index (χ2v) is 5.57. The van der Waals surface area contributed by atoms with Crippen LogP contribution in [0.3, 0.4) is 0 Å². The van der Waals surface area contributed by atoms with Crippen LogP contribution >= 0.6 is 0 Å². The number of amides is 1. The van der Waals surface area contributed by atoms with Gasteiger partial charge in [-0.05, 0) is 30.4 Å². The Bertz CT molecular complexity index is 438. The average molecular weight is 262 g/mol. The summed E-state index contributed by atoms with van der Waals surface area (Å²) < 4.78 is 5.51. The minimum Gasteiger partial charge on any atom is -0.482 e. The Hall–Kier alpha value is -1.71. The van der Waals surface area contributed by atoms with Gasteiger partial charge >= 0.3 is 0 Å². The molecule has 2 N–H and O–H groups in total. The van der Waals surface area contributed by atoms with E-state index in [1.54, 1.807) is 12.1 Å². The molecule has 2 unspecified atom stereocenters. The largest absolute Gasteiger partial charge is 0.482 e. The van der Waals surface area contributed by atoms with Gasteiger partial charge < -0.3 is 15.4 Å². The third kappa shape index (κ3) is 3.63. The lowest BCUT2D eigenvalue weighted by Gasteiger charge is -2.34. The van der Waals surface area contributed by atoms with E-state index in [9.17, 15) is 4.79 Å². The molecule has 2 rings (SSSR count). The zero-order valence-corrected chi connectivity index (χ0v) is 11.6. The van der Waals surface area contributed by atoms with Crippen LogP contribution in [0.2, 0.25) is 0 Å². The van der Waals surface area contributed by atoms with Gasteiger partial charge in [0.05, 0.1) is 5.69 Å². The van der Waals surface area contributed by atoms with Crippen LogP contribution in [0.15, 0.2) is 24.3 Å². The van der Waals surface area contributed by atoms with E-state index in [0.29, 0.717) is 23.3 Å². The normalized spacial score (nSPS) is 23.2. The van der Waals surface area contributed by atoms with Crippen molar-refractivity contribution in [3.63, 3.8) is 0 Å². The van der Waals surface area contributed by atoms with E-state index >= 15 is 0 Å². The maximum absolute atomic E-state index is 12.1. The molecular weight excluding hydrogens is 240 g/mol. The molecule has 1 saturated heterocycles. The SMILES string of the molecule is CC1CC(C)CN(C(=O)COc2ccccc2N)C1. The second kappa shape index (κ2) is 5.95. The molecule has 1 aliphatic rings. The summed E-state index contributed by atoms with van der Waals surface area (Å²) in [4.78, 5) is 14.0. The number of carbonyl (C=O) groups is 1. The second-order valence-electron chi connectivity index (χ2n) is 5.57. The van der Waals surface area contributed by atoms with E-state index in [2.05, 4.69) is 13.8 Å². The number of ether oxygens (including phenoxy) is 1. The molecule has 104 valence electrons. The molecular formula is C15H22N2O2. The van der Waals surface area contributed by atoms with Crippen LogP contribution in [0, 0.1) is 11.8 Å². The van der Waals surface area contributed by atoms with Gasteiger partial charge in [-0.3, -0.25) is 4.79 Å². The number of likely N-dealkylation sites (tertiary alicyclic amines) is 1. The predicted molar refractivity (Wildman–Crippen MR) is 75.9 cm³/mol. The van der Waals surface area contributed by atoms with Crippen molar-refractivity contribution in [2.75, 3.05) is 25.4 Å². The van der Waals surface area contributed by atoms with Crippen molar-refractivity contribution in [2.45, 2.75) is 20.3 Å². The van der Waals surface area contributed by atoms with E-state index < -0.39 is 0 Å². The molecule has 1 heterocycles. The smallest absolute Gasteiger partial charge is 0.260 e. The molecule has 1 aromatic rings. The number of nitrogens with two attached hydrogens (primary N) is 1. The van der Waals surface area contributed by atoms with Gasteiger partial charge in [-0.2, -0.15) is 0 Å². The van der Waals surface area contributed by atoms with Gasteiger partial charge in [-0.1, -0.05) is 26.0 Å². The van der Waals surface area contributed by atoms with Crippen molar-refractivity contribution in [2.24, 2.45) is 11.8 Å². The van der Waals surface area contributed by atoms with Gasteiger partial charge in [0, 0.05) is 13.1 Å². The van der Waals surface area contributed by atoms with Crippen molar-refractivity contribution >= 4 is 11.6 Å². The predicted octanol–water partition coefficient (Wildman–Crippen LogP) is 2.15. The number of hydrogen-bond acceptors (Lipinski definition) is 3. The topological polar surface area (TPSA) is 55.6 Å². The Labute approximate surface area is 114 Å². The zero-order valence-electron chi connectivity index (χ0n) is 11.6. The Morgan fingerprint density at radius 1 is 1.32 bits per heavy atom. The van der Waals surface area contributed by atoms with Gasteiger partial charge in [0.1, 0.15) is 5.75 Å². The molecule has 0 aliphatic carbocycles. The number of nitrogens with zero attached hydrogens (tertiary/aromatic N) is 1. The lowest BCUT2D eigenvalue weighted by molar-refractivity contribution is -0.136. The van der Waals surface area contributed by atoms with E-state index in [1.807, 2.05) is 17.0 Å². The van der Waals surface area contributed by atoms with Crippen molar-refractivity contribution < 1.29 is 9.53 Å². The van der Waals surface area contributed by atoms with Crippen LogP contribution in [-0.4, -0.2) is 30.5 Å². The molecule has 0 radical (unpaired) electrons. The van der Waals surface area contributed by atoms with Crippen molar-refractivity contribution in [1.29, 1.82) is 0 Å². The maximum Gasteiger partial charge on any atom is 0.260 e. The molecule has 1 fully saturated rings. The van der Waals surface area contributed by atoms with Crippen molar-refractivity contribution in [3.8, 4) is 5.75 Å². The lowest BCUT2D eigenvalue weighted by Crippen LogP contribution is -2.44. The standard InChI is InChI=1S/C15H22N2O2/c1-11-7-12(2)9-17(8-11)15(18)10-19-14-6-4-3-5-13(14)16/h3-6,11-12H,7-10,16H2,1-2H3. The van der Waals surface area contributed by atoms with Crippen LogP contribution in [0.4, 0.5) is 5.69 Å². The first-order chi connectivity index (χ1) is 9.06. The highest BCUT2D eigenvalue weighted by Gasteiger charge is 2.25. The summed E-state index contributed by atoms with van der Waals surface area (Å²) in [5.74, 6) is 1.75. The first-order valence-electron chi connectivity index (χ1n) is 6.81. The Morgan fingerprint density at radius 3 is 2.58 bits per heavy atom. The number of piperidine rings is 1. The quantitative estimate of drug-likeness (QED) is 0.849. The molecule has 0 bridgehead atoms. The van der Waals surface area contributed by atoms with Crippen LogP contribution in [0.5, 0.6) is 5.75 Å². The number of nitrogen functional groups attached to an aromatic ring is 1. The molecule has 19 heavy (non-hydrogen) atoms. The van der Waals surface area contributed by atoms with Crippen LogP contribution in [0.1, 0.15) is 20.3 Å². The highest BCUT2D eigenvalue weighted by Crippen LogP contribution is 2.22. The van der Waals surface area contributed by atoms with Crippen LogP contribution in [-0.2, 0) is 4.79 Å². The van der Waals surface area contributed by atoms with Gasteiger partial charge in [0.15, 0.2) is 6.61 Å². The molecule has 4 heteroatoms. The van der Waals surface area contributed by atoms with Crippen LogP contribution in [0.25, 0.3) is 0 Å². The summed E-state index contributed by atoms with van der Waals surface area (Å²) >= 11 is 0. The number of hydrogen-bond donors (Lipinski definition) is 1. The third-order valence-electron chi connectivity index (χ3n) is 3.49. The van der Waals surface area contributed by atoms with Crippen molar-refractivity contribution in [1.82, 2.24) is 4.90 Å². The number of benzene rings is 1. The summed E-state index contributed by atoms with van der Waals surface area (Å²) in [6, 6.07) is 7.24. The zero-order chi connectivity index (χ0) is 13.8. The summed E-state index contributed by atoms with van der Waals surface area (Å²) in [7, 11) is 0. The molecule has 0 aromatic heterocycles. The molecule has 1 amide bonds. The fourth-order valence-electron chi connectivity index (χ4n) is 2.71. The molecule has 1 aromatic carbocycles. The van der Waals surface area contributed by atoms with Gasteiger partial charge in [0.2, 0.25) is 0 Å². The van der Waals surface area contributed by atoms with Crippen molar-refractivity contribution in [3.05, 3.63) is 24.3 Å². The van der Waals surface area contributed by atoms with E-state index in [-0.39, 0.29) is 12.5 Å². The fourth-order valence-corrected chi connectivity index (χ4v) is 2.71. The Balaban J connectivity index is 1.89. The van der Waals surface area contributed by atoms with E-state index in [0.717, 1.165) is 13.1 Å². The van der Waals surface area contributed by atoms with Gasteiger partial charge in [-0.15, -0.1) is 0 Å². The van der Waals surface area contributed by atoms with Gasteiger partial charge in [-0.25, -0.2) is 0 Å². The van der Waals surface area contributed by atoms with E-state index in [4.69, 9.17) is 10.5 Å². The fraction of sp³-hybridized carbons (Fsp3) is 0.533. The number of rotatable bonds is 3. The molecule has 2 atom stereocenters. The first kappa shape index (κ1) is 13.7. The summed E-state index contributed by atoms with van der Waals surface area (Å²) in [5, 5.41) is 0. The highest BCUT2D eigenvalue weighted by molar-refractivity contribution is 5.78. The Kier molecular flexibility index (Phi) is 4.30. The maximum atomic E-state index is 12.1. The highest BCUT2D eigenvalue weighted by atomic mass is 16.5. The summed E-state index contributed by atoms with van der Waals surface area (Å²) in [5.41, 5.74) is 6.34.